The van der Waals surface area contributed by atoms with E-state index in [0.29, 0.717) is 18.8 Å². The van der Waals surface area contributed by atoms with Gasteiger partial charge in [-0.25, -0.2) is 0 Å². The van der Waals surface area contributed by atoms with Crippen molar-refractivity contribution in [2.24, 2.45) is 5.92 Å². The zero-order valence-corrected chi connectivity index (χ0v) is 16.2. The summed E-state index contributed by atoms with van der Waals surface area (Å²) in [7, 11) is 0. The van der Waals surface area contributed by atoms with Crippen molar-refractivity contribution >= 4 is 23.4 Å². The number of carbonyl (C=O) groups is 2. The van der Waals surface area contributed by atoms with Crippen molar-refractivity contribution in [1.82, 2.24) is 10.2 Å². The highest BCUT2D eigenvalue weighted by molar-refractivity contribution is 6.32. The molecule has 2 rings (SSSR count). The van der Waals surface area contributed by atoms with Crippen molar-refractivity contribution in [1.29, 1.82) is 0 Å². The van der Waals surface area contributed by atoms with Crippen LogP contribution in [0.3, 0.4) is 0 Å². The van der Waals surface area contributed by atoms with Crippen molar-refractivity contribution in [3.8, 4) is 5.75 Å². The average Bonchev–Trinajstić information content (AvgIpc) is 2.57. The number of amides is 2. The molecule has 1 aliphatic rings. The zero-order valence-electron chi connectivity index (χ0n) is 15.4. The van der Waals surface area contributed by atoms with Crippen LogP contribution in [-0.4, -0.2) is 42.5 Å². The Hall–Kier alpha value is -1.75. The van der Waals surface area contributed by atoms with Gasteiger partial charge >= 0.3 is 0 Å². The van der Waals surface area contributed by atoms with E-state index >= 15 is 0 Å². The monoisotopic (exact) mass is 366 g/mol. The van der Waals surface area contributed by atoms with Gasteiger partial charge in [0.15, 0.2) is 6.61 Å². The first-order chi connectivity index (χ1) is 11.8. The number of likely N-dealkylation sites (tertiary alicyclic amines) is 1. The number of rotatable bonds is 5. The molecule has 0 aromatic heterocycles. The topological polar surface area (TPSA) is 58.6 Å². The minimum atomic E-state index is -0.0288. The van der Waals surface area contributed by atoms with Crippen LogP contribution in [0.25, 0.3) is 0 Å². The van der Waals surface area contributed by atoms with Gasteiger partial charge in [0.05, 0.1) is 0 Å². The van der Waals surface area contributed by atoms with E-state index in [1.54, 1.807) is 4.90 Å². The minimum absolute atomic E-state index is 0.0145. The molecule has 138 valence electrons. The zero-order chi connectivity index (χ0) is 18.6. The Morgan fingerprint density at radius 1 is 1.24 bits per heavy atom. The van der Waals surface area contributed by atoms with Gasteiger partial charge in [-0.05, 0) is 49.9 Å². The van der Waals surface area contributed by atoms with E-state index < -0.39 is 0 Å². The van der Waals surface area contributed by atoms with Crippen LogP contribution in [0, 0.1) is 19.8 Å². The number of benzene rings is 1. The van der Waals surface area contributed by atoms with Crippen molar-refractivity contribution in [3.63, 3.8) is 0 Å². The van der Waals surface area contributed by atoms with Gasteiger partial charge in [-0.2, -0.15) is 0 Å². The molecule has 5 nitrogen and oxygen atoms in total. The lowest BCUT2D eigenvalue weighted by Gasteiger charge is -2.32. The molecule has 1 fully saturated rings. The fourth-order valence-electron chi connectivity index (χ4n) is 2.87. The summed E-state index contributed by atoms with van der Waals surface area (Å²) in [4.78, 5) is 25.9. The summed E-state index contributed by atoms with van der Waals surface area (Å²) in [5.41, 5.74) is 1.87. The second kappa shape index (κ2) is 8.56. The van der Waals surface area contributed by atoms with Crippen LogP contribution in [0.15, 0.2) is 12.1 Å². The summed E-state index contributed by atoms with van der Waals surface area (Å²) >= 11 is 6.14. The van der Waals surface area contributed by atoms with Crippen LogP contribution in [-0.2, 0) is 9.59 Å². The molecule has 1 aliphatic heterocycles. The second-order valence-corrected chi connectivity index (χ2v) is 7.36. The van der Waals surface area contributed by atoms with E-state index in [9.17, 15) is 9.59 Å². The summed E-state index contributed by atoms with van der Waals surface area (Å²) in [6.45, 7) is 8.90. The van der Waals surface area contributed by atoms with Gasteiger partial charge in [-0.3, -0.25) is 9.59 Å². The lowest BCUT2D eigenvalue weighted by atomic mass is 10.0. The maximum atomic E-state index is 12.3. The number of hydrogen-bond acceptors (Lipinski definition) is 3. The van der Waals surface area contributed by atoms with Crippen LogP contribution in [0.2, 0.25) is 5.02 Å². The van der Waals surface area contributed by atoms with Crippen LogP contribution in [0.1, 0.15) is 37.8 Å². The van der Waals surface area contributed by atoms with E-state index in [1.807, 2.05) is 39.8 Å². The number of piperidine rings is 1. The molecule has 2 amide bonds. The molecule has 0 radical (unpaired) electrons. The van der Waals surface area contributed by atoms with Crippen LogP contribution in [0.4, 0.5) is 0 Å². The molecule has 0 unspecified atom stereocenters. The highest BCUT2D eigenvalue weighted by Gasteiger charge is 2.24. The van der Waals surface area contributed by atoms with E-state index in [1.165, 1.54) is 0 Å². The quantitative estimate of drug-likeness (QED) is 0.871. The van der Waals surface area contributed by atoms with Gasteiger partial charge in [0.25, 0.3) is 5.91 Å². The molecule has 1 saturated heterocycles. The molecule has 25 heavy (non-hydrogen) atoms. The van der Waals surface area contributed by atoms with Crippen molar-refractivity contribution < 1.29 is 14.3 Å². The molecule has 6 heteroatoms. The number of carbonyl (C=O) groups excluding carboxylic acids is 2. The number of nitrogens with zero attached hydrogens (tertiary/aromatic N) is 1. The maximum absolute atomic E-state index is 12.3. The molecule has 1 N–H and O–H groups in total. The smallest absolute Gasteiger partial charge is 0.260 e. The minimum Gasteiger partial charge on any atom is -0.484 e. The first-order valence-electron chi connectivity index (χ1n) is 8.75. The largest absolute Gasteiger partial charge is 0.484 e. The predicted octanol–water partition coefficient (Wildman–Crippen LogP) is 3.10. The first kappa shape index (κ1) is 19.6. The Balaban J connectivity index is 1.80. The van der Waals surface area contributed by atoms with Gasteiger partial charge in [0.1, 0.15) is 5.75 Å². The van der Waals surface area contributed by atoms with Crippen molar-refractivity contribution in [2.45, 2.75) is 46.6 Å². The van der Waals surface area contributed by atoms with Gasteiger partial charge in [0.2, 0.25) is 5.91 Å². The maximum Gasteiger partial charge on any atom is 0.260 e. The predicted molar refractivity (Wildman–Crippen MR) is 99.0 cm³/mol. The van der Waals surface area contributed by atoms with Crippen LogP contribution >= 0.6 is 11.6 Å². The summed E-state index contributed by atoms with van der Waals surface area (Å²) < 4.78 is 5.64. The lowest BCUT2D eigenvalue weighted by Crippen LogP contribution is -2.48. The van der Waals surface area contributed by atoms with Crippen LogP contribution < -0.4 is 10.1 Å². The molecule has 0 bridgehead atoms. The highest BCUT2D eigenvalue weighted by atomic mass is 35.5. The fourth-order valence-corrected chi connectivity index (χ4v) is 2.98. The van der Waals surface area contributed by atoms with Gasteiger partial charge < -0.3 is 15.0 Å². The third-order valence-corrected chi connectivity index (χ3v) is 5.09. The summed E-state index contributed by atoms with van der Waals surface area (Å²) in [5, 5.41) is 3.76. The van der Waals surface area contributed by atoms with Gasteiger partial charge in [-0.15, -0.1) is 0 Å². The van der Waals surface area contributed by atoms with E-state index in [4.69, 9.17) is 16.3 Å². The number of ether oxygens (including phenoxy) is 1. The summed E-state index contributed by atoms with van der Waals surface area (Å²) in [5.74, 6) is 0.687. The van der Waals surface area contributed by atoms with Gasteiger partial charge in [-0.1, -0.05) is 25.4 Å². The molecule has 0 atom stereocenters. The van der Waals surface area contributed by atoms with Crippen molar-refractivity contribution in [2.75, 3.05) is 19.7 Å². The number of nitrogens with one attached hydrogen (secondary N) is 1. The third-order valence-electron chi connectivity index (χ3n) is 4.49. The number of hydrogen-bond donors (Lipinski definition) is 1. The molecular weight excluding hydrogens is 340 g/mol. The Morgan fingerprint density at radius 3 is 2.32 bits per heavy atom. The molecule has 0 spiro atoms. The Bertz CT molecular complexity index is 615. The summed E-state index contributed by atoms with van der Waals surface area (Å²) in [6.07, 6.45) is 1.56. The first-order valence-corrected chi connectivity index (χ1v) is 9.13. The molecule has 1 aromatic rings. The standard InChI is InChI=1S/C19H27ClN2O3/c1-12(2)19(24)21-15-5-7-22(8-6-15)17(23)11-25-16-9-13(3)18(20)14(4)10-16/h9-10,12,15H,5-8,11H2,1-4H3,(H,21,24). The third kappa shape index (κ3) is 5.36. The molecule has 0 aliphatic carbocycles. The second-order valence-electron chi connectivity index (χ2n) is 6.98. The lowest BCUT2D eigenvalue weighted by molar-refractivity contribution is -0.134. The van der Waals surface area contributed by atoms with Crippen LogP contribution in [0.5, 0.6) is 5.75 Å². The molecule has 1 heterocycles. The van der Waals surface area contributed by atoms with Gasteiger partial charge in [0, 0.05) is 30.1 Å². The normalized spacial score (nSPS) is 15.4. The van der Waals surface area contributed by atoms with E-state index in [-0.39, 0.29) is 30.4 Å². The Morgan fingerprint density at radius 2 is 1.80 bits per heavy atom. The Labute approximate surface area is 154 Å². The highest BCUT2D eigenvalue weighted by Crippen LogP contribution is 2.26. The van der Waals surface area contributed by atoms with E-state index in [2.05, 4.69) is 5.32 Å². The fraction of sp³-hybridized carbons (Fsp3) is 0.579. The number of aryl methyl sites for hydroxylation is 2. The van der Waals surface area contributed by atoms with Crippen molar-refractivity contribution in [3.05, 3.63) is 28.3 Å². The molecular formula is C19H27ClN2O3. The number of halogens is 1. The van der Waals surface area contributed by atoms with E-state index in [0.717, 1.165) is 29.0 Å². The molecule has 0 saturated carbocycles. The average molecular weight is 367 g/mol. The Kier molecular flexibility index (Phi) is 6.71. The molecule has 1 aromatic carbocycles. The summed E-state index contributed by atoms with van der Waals surface area (Å²) in [6, 6.07) is 3.84. The SMILES string of the molecule is Cc1cc(OCC(=O)N2CCC(NC(=O)C(C)C)CC2)cc(C)c1Cl.